The lowest BCUT2D eigenvalue weighted by atomic mass is 9.71. The predicted octanol–water partition coefficient (Wildman–Crippen LogP) is 4.83. The van der Waals surface area contributed by atoms with Gasteiger partial charge in [0.1, 0.15) is 12.3 Å². The number of anilines is 2. The summed E-state index contributed by atoms with van der Waals surface area (Å²) in [6, 6.07) is 16.8. The Labute approximate surface area is 206 Å². The minimum absolute atomic E-state index is 0.144. The van der Waals surface area contributed by atoms with Crippen LogP contribution in [-0.4, -0.2) is 36.2 Å². The number of fused-ring (bicyclic) bond motifs is 9. The van der Waals surface area contributed by atoms with Gasteiger partial charge in [0.15, 0.2) is 0 Å². The quantitative estimate of drug-likeness (QED) is 0.525. The van der Waals surface area contributed by atoms with Crippen LogP contribution in [0, 0.1) is 28.6 Å². The number of hydrogen-bond acceptors (Lipinski definition) is 6. The first-order chi connectivity index (χ1) is 17.0. The zero-order valence-corrected chi connectivity index (χ0v) is 20.1. The van der Waals surface area contributed by atoms with Gasteiger partial charge in [0.25, 0.3) is 0 Å². The molecule has 35 heavy (non-hydrogen) atoms. The van der Waals surface area contributed by atoms with E-state index in [0.717, 1.165) is 24.1 Å². The highest BCUT2D eigenvalue weighted by molar-refractivity contribution is 5.66. The van der Waals surface area contributed by atoms with Gasteiger partial charge in [-0.15, -0.1) is 0 Å². The van der Waals surface area contributed by atoms with Crippen molar-refractivity contribution in [3.05, 3.63) is 95.6 Å². The van der Waals surface area contributed by atoms with Crippen molar-refractivity contribution in [2.75, 3.05) is 23.9 Å². The Kier molecular flexibility index (Phi) is 4.86. The summed E-state index contributed by atoms with van der Waals surface area (Å²) in [5.74, 6) is 0.423. The van der Waals surface area contributed by atoms with Crippen molar-refractivity contribution in [3.8, 4) is 12.1 Å². The fraction of sp³-hybridized carbons (Fsp3) is 0.310. The van der Waals surface area contributed by atoms with E-state index in [9.17, 15) is 10.5 Å². The first kappa shape index (κ1) is 21.4. The highest BCUT2D eigenvalue weighted by Gasteiger charge is 2.46. The molecule has 6 heteroatoms. The Hall–Kier alpha value is -4.16. The Morgan fingerprint density at radius 3 is 2.29 bits per heavy atom. The van der Waals surface area contributed by atoms with Crippen LogP contribution in [0.1, 0.15) is 41.0 Å². The third-order valence-corrected chi connectivity index (χ3v) is 8.12. The maximum absolute atomic E-state index is 9.66. The van der Waals surface area contributed by atoms with Crippen LogP contribution < -0.4 is 9.80 Å². The van der Waals surface area contributed by atoms with Crippen LogP contribution in [0.15, 0.2) is 73.4 Å². The lowest BCUT2D eigenvalue weighted by molar-refractivity contribution is 0.220. The second kappa shape index (κ2) is 7.96. The summed E-state index contributed by atoms with van der Waals surface area (Å²) < 4.78 is 0. The summed E-state index contributed by atoms with van der Waals surface area (Å²) in [6.07, 6.45) is 11.6. The number of hydrogen-bond donors (Lipinski definition) is 0. The molecule has 0 amide bonds. The smallest absolute Gasteiger partial charge is 0.112 e. The molecule has 174 valence electrons. The Morgan fingerprint density at radius 2 is 1.51 bits per heavy atom. The standard InChI is InChI=1S/C29H28N6/c1-19-14-22-15-20(17-30)4-7-25(22)34-12-10-32(2)27(34)9-6-23-24-16-21(18-31)5-8-26(24)35-13-11-33(3)29(35)28(19)23/h4-5,7-8,10-13,15-16,23,27-29H,1,6,9,14H2,2-3H3. The molecule has 2 aromatic carbocycles. The van der Waals surface area contributed by atoms with Crippen molar-refractivity contribution in [3.63, 3.8) is 0 Å². The van der Waals surface area contributed by atoms with Crippen LogP contribution in [0.25, 0.3) is 0 Å². The SMILES string of the molecule is C=C1Cc2cc(C#N)ccc2N2C=CN(C)C2CCC2c3cc(C#N)ccc3N3C=CN(C)C3C12. The zero-order chi connectivity index (χ0) is 24.3. The Morgan fingerprint density at radius 1 is 0.829 bits per heavy atom. The molecule has 4 aliphatic heterocycles. The number of rotatable bonds is 0. The summed E-state index contributed by atoms with van der Waals surface area (Å²) in [7, 11) is 4.27. The average molecular weight is 461 g/mol. The van der Waals surface area contributed by atoms with Gasteiger partial charge >= 0.3 is 0 Å². The molecular formula is C29H28N6. The molecular weight excluding hydrogens is 432 g/mol. The van der Waals surface area contributed by atoms with E-state index >= 15 is 0 Å². The second-order valence-corrected chi connectivity index (χ2v) is 10.0. The molecule has 6 rings (SSSR count). The fourth-order valence-electron chi connectivity index (χ4n) is 6.48. The molecule has 4 unspecified atom stereocenters. The lowest BCUT2D eigenvalue weighted by Gasteiger charge is -2.48. The maximum atomic E-state index is 9.66. The summed E-state index contributed by atoms with van der Waals surface area (Å²) in [5.41, 5.74) is 7.24. The van der Waals surface area contributed by atoms with E-state index in [1.54, 1.807) is 0 Å². The summed E-state index contributed by atoms with van der Waals surface area (Å²) >= 11 is 0. The van der Waals surface area contributed by atoms with Crippen molar-refractivity contribution in [2.24, 2.45) is 5.92 Å². The summed E-state index contributed by atoms with van der Waals surface area (Å²) in [4.78, 5) is 9.25. The van der Waals surface area contributed by atoms with Gasteiger partial charge in [0, 0.05) is 56.2 Å². The van der Waals surface area contributed by atoms with Gasteiger partial charge in [-0.25, -0.2) is 0 Å². The topological polar surface area (TPSA) is 60.5 Å². The highest BCUT2D eigenvalue weighted by Crippen LogP contribution is 2.51. The molecule has 4 atom stereocenters. The van der Waals surface area contributed by atoms with E-state index in [4.69, 9.17) is 0 Å². The molecule has 4 aliphatic rings. The molecule has 0 aromatic heterocycles. The number of nitriles is 2. The minimum atomic E-state index is 0.144. The van der Waals surface area contributed by atoms with E-state index < -0.39 is 0 Å². The van der Waals surface area contributed by atoms with E-state index in [2.05, 4.69) is 95.4 Å². The molecule has 0 bridgehead atoms. The van der Waals surface area contributed by atoms with E-state index in [0.29, 0.717) is 17.5 Å². The second-order valence-electron chi connectivity index (χ2n) is 10.0. The molecule has 0 spiro atoms. The van der Waals surface area contributed by atoms with Crippen LogP contribution in [-0.2, 0) is 6.42 Å². The van der Waals surface area contributed by atoms with Gasteiger partial charge in [-0.3, -0.25) is 0 Å². The van der Waals surface area contributed by atoms with Gasteiger partial charge in [-0.1, -0.05) is 12.2 Å². The maximum Gasteiger partial charge on any atom is 0.112 e. The molecule has 0 saturated carbocycles. The van der Waals surface area contributed by atoms with Gasteiger partial charge < -0.3 is 19.6 Å². The van der Waals surface area contributed by atoms with Crippen molar-refractivity contribution >= 4 is 11.4 Å². The van der Waals surface area contributed by atoms with Gasteiger partial charge in [-0.2, -0.15) is 10.5 Å². The van der Waals surface area contributed by atoms with Crippen molar-refractivity contribution in [2.45, 2.75) is 37.5 Å². The summed E-state index contributed by atoms with van der Waals surface area (Å²) in [6.45, 7) is 4.66. The Balaban J connectivity index is 1.52. The van der Waals surface area contributed by atoms with Crippen molar-refractivity contribution in [1.29, 1.82) is 10.5 Å². The Bertz CT molecular complexity index is 1360. The third kappa shape index (κ3) is 3.21. The normalized spacial score (nSPS) is 26.3. The highest BCUT2D eigenvalue weighted by atomic mass is 15.4. The molecule has 0 radical (unpaired) electrons. The average Bonchev–Trinajstić information content (AvgIpc) is 3.43. The first-order valence-electron chi connectivity index (χ1n) is 12.1. The lowest BCUT2D eigenvalue weighted by Crippen LogP contribution is -2.50. The largest absolute Gasteiger partial charge is 0.359 e. The van der Waals surface area contributed by atoms with Crippen LogP contribution >= 0.6 is 0 Å². The van der Waals surface area contributed by atoms with Gasteiger partial charge in [0.2, 0.25) is 0 Å². The van der Waals surface area contributed by atoms with E-state index in [-0.39, 0.29) is 24.2 Å². The van der Waals surface area contributed by atoms with Gasteiger partial charge in [0.05, 0.1) is 23.3 Å². The molecule has 6 nitrogen and oxygen atoms in total. The van der Waals surface area contributed by atoms with Crippen molar-refractivity contribution in [1.82, 2.24) is 9.80 Å². The summed E-state index contributed by atoms with van der Waals surface area (Å²) in [5, 5.41) is 19.3. The number of nitrogens with zero attached hydrogens (tertiary/aromatic N) is 6. The monoisotopic (exact) mass is 460 g/mol. The molecule has 0 N–H and O–H groups in total. The fourth-order valence-corrected chi connectivity index (χ4v) is 6.48. The van der Waals surface area contributed by atoms with Crippen LogP contribution in [0.2, 0.25) is 0 Å². The molecule has 2 aromatic rings. The zero-order valence-electron chi connectivity index (χ0n) is 20.1. The molecule has 0 saturated heterocycles. The molecule has 0 fully saturated rings. The molecule has 4 heterocycles. The van der Waals surface area contributed by atoms with E-state index in [1.165, 1.54) is 16.8 Å². The minimum Gasteiger partial charge on any atom is -0.359 e. The van der Waals surface area contributed by atoms with E-state index in [1.807, 2.05) is 18.2 Å². The van der Waals surface area contributed by atoms with Crippen molar-refractivity contribution < 1.29 is 0 Å². The molecule has 0 aliphatic carbocycles. The van der Waals surface area contributed by atoms with Crippen LogP contribution in [0.3, 0.4) is 0 Å². The predicted molar refractivity (Wildman–Crippen MR) is 137 cm³/mol. The first-order valence-corrected chi connectivity index (χ1v) is 12.1. The van der Waals surface area contributed by atoms with Crippen LogP contribution in [0.5, 0.6) is 0 Å². The van der Waals surface area contributed by atoms with Gasteiger partial charge in [-0.05, 0) is 72.7 Å². The third-order valence-electron chi connectivity index (χ3n) is 8.12. The number of benzene rings is 2. The van der Waals surface area contributed by atoms with Crippen LogP contribution in [0.4, 0.5) is 11.4 Å².